The Labute approximate surface area is 96.3 Å². The molecule has 1 aromatic rings. The molecule has 12 heavy (non-hydrogen) atoms. The minimum absolute atomic E-state index is 1.09. The summed E-state index contributed by atoms with van der Waals surface area (Å²) < 4.78 is 2.34. The average Bonchev–Trinajstić information content (AvgIpc) is 1.92. The number of pyridine rings is 1. The molecule has 1 nitrogen and oxygen atoms in total. The molecule has 0 aromatic carbocycles. The molecule has 1 rings (SSSR count). The lowest BCUT2D eigenvalue weighted by atomic mass is 10.5. The first-order valence-electron chi connectivity index (χ1n) is 3.73. The molecule has 0 saturated heterocycles. The zero-order chi connectivity index (χ0) is 9.35. The van der Waals surface area contributed by atoms with Crippen molar-refractivity contribution in [2.75, 3.05) is 0 Å². The second-order valence-corrected chi connectivity index (χ2v) is 10.8. The van der Waals surface area contributed by atoms with Gasteiger partial charge in [0.05, 0.1) is 0 Å². The smallest absolute Gasteiger partial charge is 0.101 e. The first-order valence-corrected chi connectivity index (χ1v) is 9.10. The standard InChI is InChI=1S/C8H11BrINSi/c1-12(2,3)8-4-7(10)6(9)5-11-8/h4-5H,1-3H3. The minimum Gasteiger partial charge on any atom is -0.265 e. The highest BCUT2D eigenvalue weighted by Gasteiger charge is 2.18. The fourth-order valence-electron chi connectivity index (χ4n) is 0.824. The van der Waals surface area contributed by atoms with Crippen molar-refractivity contribution in [2.24, 2.45) is 0 Å². The topological polar surface area (TPSA) is 12.9 Å². The molecule has 0 N–H and O–H groups in total. The Balaban J connectivity index is 3.14. The summed E-state index contributed by atoms with van der Waals surface area (Å²) in [5.74, 6) is 0. The van der Waals surface area contributed by atoms with Gasteiger partial charge >= 0.3 is 0 Å². The van der Waals surface area contributed by atoms with E-state index in [1.54, 1.807) is 0 Å². The Hall–Kier alpha value is 0.577. The molecule has 1 heterocycles. The highest BCUT2D eigenvalue weighted by atomic mass is 127. The van der Waals surface area contributed by atoms with Crippen LogP contribution in [0.3, 0.4) is 0 Å². The van der Waals surface area contributed by atoms with Gasteiger partial charge in [-0.1, -0.05) is 19.6 Å². The lowest BCUT2D eigenvalue weighted by Crippen LogP contribution is -2.40. The van der Waals surface area contributed by atoms with Crippen LogP contribution in [-0.2, 0) is 0 Å². The van der Waals surface area contributed by atoms with Crippen molar-refractivity contribution in [3.63, 3.8) is 0 Å². The van der Waals surface area contributed by atoms with E-state index in [4.69, 9.17) is 0 Å². The van der Waals surface area contributed by atoms with E-state index in [1.165, 1.54) is 8.89 Å². The maximum Gasteiger partial charge on any atom is 0.101 e. The van der Waals surface area contributed by atoms with Crippen LogP contribution in [-0.4, -0.2) is 13.1 Å². The lowest BCUT2D eigenvalue weighted by molar-refractivity contribution is 1.32. The molecule has 0 aliphatic heterocycles. The van der Waals surface area contributed by atoms with Gasteiger partial charge in [0.2, 0.25) is 0 Å². The summed E-state index contributed by atoms with van der Waals surface area (Å²) in [6.45, 7) is 6.91. The van der Waals surface area contributed by atoms with Gasteiger partial charge in [0.15, 0.2) is 0 Å². The predicted molar refractivity (Wildman–Crippen MR) is 67.6 cm³/mol. The predicted octanol–water partition coefficient (Wildman–Crippen LogP) is 2.99. The second-order valence-electron chi connectivity index (χ2n) is 3.73. The number of hydrogen-bond acceptors (Lipinski definition) is 1. The van der Waals surface area contributed by atoms with Gasteiger partial charge in [-0.25, -0.2) is 0 Å². The molecule has 0 radical (unpaired) electrons. The van der Waals surface area contributed by atoms with Crippen LogP contribution in [0.5, 0.6) is 0 Å². The third-order valence-electron chi connectivity index (χ3n) is 1.58. The van der Waals surface area contributed by atoms with E-state index >= 15 is 0 Å². The molecule has 0 fully saturated rings. The summed E-state index contributed by atoms with van der Waals surface area (Å²) in [7, 11) is -1.22. The van der Waals surface area contributed by atoms with Crippen molar-refractivity contribution in [1.82, 2.24) is 4.98 Å². The molecule has 0 aliphatic rings. The molecule has 0 atom stereocenters. The summed E-state index contributed by atoms with van der Waals surface area (Å²) >= 11 is 5.77. The zero-order valence-electron chi connectivity index (χ0n) is 7.36. The second kappa shape index (κ2) is 3.75. The molecule has 0 saturated carbocycles. The molecule has 1 aromatic heterocycles. The van der Waals surface area contributed by atoms with Gasteiger partial charge in [-0.05, 0) is 44.6 Å². The largest absolute Gasteiger partial charge is 0.265 e. The summed E-state index contributed by atoms with van der Waals surface area (Å²) in [4.78, 5) is 4.42. The Kier molecular flexibility index (Phi) is 3.33. The van der Waals surface area contributed by atoms with E-state index in [9.17, 15) is 0 Å². The number of nitrogens with zero attached hydrogens (tertiary/aromatic N) is 1. The first-order chi connectivity index (χ1) is 5.41. The summed E-state index contributed by atoms with van der Waals surface area (Å²) in [5, 5.41) is 1.27. The van der Waals surface area contributed by atoms with Gasteiger partial charge in [0.1, 0.15) is 8.07 Å². The van der Waals surface area contributed by atoms with Crippen molar-refractivity contribution < 1.29 is 0 Å². The van der Waals surface area contributed by atoms with Crippen LogP contribution in [0.4, 0.5) is 0 Å². The van der Waals surface area contributed by atoms with Crippen LogP contribution in [0, 0.1) is 3.57 Å². The average molecular weight is 356 g/mol. The van der Waals surface area contributed by atoms with Gasteiger partial charge < -0.3 is 0 Å². The monoisotopic (exact) mass is 355 g/mol. The molecule has 0 aliphatic carbocycles. The van der Waals surface area contributed by atoms with E-state index < -0.39 is 8.07 Å². The van der Waals surface area contributed by atoms with E-state index in [0.717, 1.165) is 4.47 Å². The highest BCUT2D eigenvalue weighted by molar-refractivity contribution is 14.1. The number of rotatable bonds is 1. The number of halogens is 2. The molecule has 66 valence electrons. The quantitative estimate of drug-likeness (QED) is 0.557. The van der Waals surface area contributed by atoms with Gasteiger partial charge in [0.25, 0.3) is 0 Å². The van der Waals surface area contributed by atoms with Crippen LogP contribution in [0.2, 0.25) is 19.6 Å². The van der Waals surface area contributed by atoms with E-state index in [-0.39, 0.29) is 0 Å². The molecule has 4 heteroatoms. The van der Waals surface area contributed by atoms with Crippen LogP contribution in [0.1, 0.15) is 0 Å². The van der Waals surface area contributed by atoms with Crippen LogP contribution in [0.15, 0.2) is 16.7 Å². The Morgan fingerprint density at radius 3 is 2.42 bits per heavy atom. The molecular formula is C8H11BrINSi. The number of aromatic nitrogens is 1. The normalized spacial score (nSPS) is 11.8. The maximum absolute atomic E-state index is 4.42. The van der Waals surface area contributed by atoms with Crippen molar-refractivity contribution in [2.45, 2.75) is 19.6 Å². The first kappa shape index (κ1) is 10.7. The van der Waals surface area contributed by atoms with Crippen molar-refractivity contribution in [1.29, 1.82) is 0 Å². The Morgan fingerprint density at radius 1 is 1.42 bits per heavy atom. The van der Waals surface area contributed by atoms with Crippen LogP contribution in [0.25, 0.3) is 0 Å². The van der Waals surface area contributed by atoms with Crippen LogP contribution < -0.4 is 5.32 Å². The molecule has 0 amide bonds. The van der Waals surface area contributed by atoms with Crippen LogP contribution >= 0.6 is 38.5 Å². The molecule has 0 bridgehead atoms. The van der Waals surface area contributed by atoms with Gasteiger partial charge in [-0.15, -0.1) is 0 Å². The lowest BCUT2D eigenvalue weighted by Gasteiger charge is -2.15. The SMILES string of the molecule is C[Si](C)(C)c1cc(I)c(Br)cn1. The van der Waals surface area contributed by atoms with E-state index in [0.29, 0.717) is 0 Å². The molecule has 0 spiro atoms. The fourth-order valence-corrected chi connectivity index (χ4v) is 2.80. The third kappa shape index (κ3) is 2.53. The minimum atomic E-state index is -1.22. The van der Waals surface area contributed by atoms with Gasteiger partial charge in [0, 0.05) is 19.6 Å². The Morgan fingerprint density at radius 2 is 2.00 bits per heavy atom. The van der Waals surface area contributed by atoms with Crippen molar-refractivity contribution in [3.8, 4) is 0 Å². The maximum atomic E-state index is 4.42. The molecular weight excluding hydrogens is 345 g/mol. The summed E-state index contributed by atoms with van der Waals surface area (Å²) in [6, 6.07) is 2.18. The van der Waals surface area contributed by atoms with Crippen molar-refractivity contribution >= 4 is 51.9 Å². The van der Waals surface area contributed by atoms with E-state index in [2.05, 4.69) is 69.2 Å². The Bertz CT molecular complexity index is 296. The van der Waals surface area contributed by atoms with Crippen molar-refractivity contribution in [3.05, 3.63) is 20.3 Å². The molecule has 0 unspecified atom stereocenters. The summed E-state index contributed by atoms with van der Waals surface area (Å²) in [6.07, 6.45) is 1.90. The van der Waals surface area contributed by atoms with E-state index in [1.807, 2.05) is 6.20 Å². The highest BCUT2D eigenvalue weighted by Crippen LogP contribution is 2.16. The fraction of sp³-hybridized carbons (Fsp3) is 0.375. The van der Waals surface area contributed by atoms with Gasteiger partial charge in [-0.3, -0.25) is 4.98 Å². The van der Waals surface area contributed by atoms with Gasteiger partial charge in [-0.2, -0.15) is 0 Å². The summed E-state index contributed by atoms with van der Waals surface area (Å²) in [5.41, 5.74) is 0. The number of hydrogen-bond donors (Lipinski definition) is 0. The zero-order valence-corrected chi connectivity index (χ0v) is 12.1. The third-order valence-corrected chi connectivity index (χ3v) is 5.65.